The van der Waals surface area contributed by atoms with E-state index in [1.165, 1.54) is 25.9 Å². The molecule has 1 fully saturated rings. The Hall–Kier alpha value is -2.02. The molecule has 4 rings (SSSR count). The molecule has 1 aromatic heterocycles. The van der Waals surface area contributed by atoms with Crippen molar-refractivity contribution in [1.29, 1.82) is 0 Å². The number of benzene rings is 1. The van der Waals surface area contributed by atoms with Gasteiger partial charge in [0.15, 0.2) is 0 Å². The van der Waals surface area contributed by atoms with Gasteiger partial charge in [0.05, 0.1) is 12.1 Å². The minimum atomic E-state index is -4.26. The first-order valence-electron chi connectivity index (χ1n) is 10.5. The number of aryl methyl sites for hydroxylation is 2. The van der Waals surface area contributed by atoms with Crippen LogP contribution in [0, 0.1) is 6.92 Å². The van der Waals surface area contributed by atoms with Crippen molar-refractivity contribution < 1.29 is 17.9 Å². The monoisotopic (exact) mass is 407 g/mol. The molecule has 0 spiro atoms. The summed E-state index contributed by atoms with van der Waals surface area (Å²) >= 11 is 0. The summed E-state index contributed by atoms with van der Waals surface area (Å²) < 4.78 is 44.1. The Labute approximate surface area is 169 Å². The molecule has 0 atom stereocenters. The summed E-state index contributed by atoms with van der Waals surface area (Å²) in [5, 5.41) is 3.55. The predicted octanol–water partition coefficient (Wildman–Crippen LogP) is 4.87. The summed E-state index contributed by atoms with van der Waals surface area (Å²) in [7, 11) is 0. The van der Waals surface area contributed by atoms with Crippen molar-refractivity contribution >= 4 is 16.7 Å². The van der Waals surface area contributed by atoms with Crippen LogP contribution in [0.15, 0.2) is 12.1 Å². The average molecular weight is 407 g/mol. The molecule has 7 heteroatoms. The Morgan fingerprint density at radius 2 is 1.86 bits per heavy atom. The van der Waals surface area contributed by atoms with E-state index in [0.29, 0.717) is 17.9 Å². The lowest BCUT2D eigenvalue weighted by molar-refractivity contribution is -0.115. The third-order valence-corrected chi connectivity index (χ3v) is 5.89. The summed E-state index contributed by atoms with van der Waals surface area (Å²) in [5.74, 6) is 1.14. The van der Waals surface area contributed by atoms with Gasteiger partial charge in [-0.2, -0.15) is 13.2 Å². The topological polar surface area (TPSA) is 37.4 Å². The fraction of sp³-hybridized carbons (Fsp3) is 0.591. The van der Waals surface area contributed by atoms with E-state index >= 15 is 0 Å². The van der Waals surface area contributed by atoms with Gasteiger partial charge in [-0.3, -0.25) is 0 Å². The molecule has 2 heterocycles. The highest BCUT2D eigenvalue weighted by Crippen LogP contribution is 2.36. The average Bonchev–Trinajstić information content (AvgIpc) is 3.35. The number of alkyl halides is 3. The number of pyridine rings is 1. The number of ether oxygens (including phenoxy) is 1. The van der Waals surface area contributed by atoms with Crippen molar-refractivity contribution in [2.45, 2.75) is 51.6 Å². The van der Waals surface area contributed by atoms with Gasteiger partial charge < -0.3 is 15.0 Å². The summed E-state index contributed by atoms with van der Waals surface area (Å²) in [6.45, 7) is 4.99. The van der Waals surface area contributed by atoms with Gasteiger partial charge in [0.25, 0.3) is 0 Å². The Balaban J connectivity index is 1.52. The minimum absolute atomic E-state index is 0.367. The quantitative estimate of drug-likeness (QED) is 0.665. The molecule has 0 amide bonds. The zero-order valence-electron chi connectivity index (χ0n) is 16.9. The van der Waals surface area contributed by atoms with E-state index in [1.807, 2.05) is 13.0 Å². The first kappa shape index (κ1) is 20.3. The van der Waals surface area contributed by atoms with Crippen LogP contribution in [0.3, 0.4) is 0 Å². The molecule has 1 aliphatic carbocycles. The van der Waals surface area contributed by atoms with Crippen LogP contribution in [-0.4, -0.2) is 48.8 Å². The third kappa shape index (κ3) is 4.77. The Bertz CT molecular complexity index is 876. The molecule has 29 heavy (non-hydrogen) atoms. The highest BCUT2D eigenvalue weighted by atomic mass is 19.4. The van der Waals surface area contributed by atoms with E-state index in [4.69, 9.17) is 4.74 Å². The summed E-state index contributed by atoms with van der Waals surface area (Å²) in [6, 6.07) is 3.97. The second-order valence-corrected chi connectivity index (χ2v) is 8.13. The van der Waals surface area contributed by atoms with Crippen molar-refractivity contribution in [3.05, 3.63) is 28.8 Å². The number of hydrogen-bond acceptors (Lipinski definition) is 4. The Morgan fingerprint density at radius 3 is 2.62 bits per heavy atom. The summed E-state index contributed by atoms with van der Waals surface area (Å²) in [5.41, 5.74) is 3.81. The van der Waals surface area contributed by atoms with Gasteiger partial charge in [0, 0.05) is 18.0 Å². The van der Waals surface area contributed by atoms with Crippen molar-refractivity contribution in [2.24, 2.45) is 0 Å². The van der Waals surface area contributed by atoms with E-state index in [-0.39, 0.29) is 0 Å². The maximum absolute atomic E-state index is 12.7. The maximum atomic E-state index is 12.7. The number of nitrogens with zero attached hydrogens (tertiary/aromatic N) is 2. The highest BCUT2D eigenvalue weighted by Gasteiger charge is 2.28. The number of nitrogens with one attached hydrogen (secondary N) is 1. The second-order valence-electron chi connectivity index (χ2n) is 8.13. The number of anilines is 1. The fourth-order valence-electron chi connectivity index (χ4n) is 4.46. The van der Waals surface area contributed by atoms with Gasteiger partial charge in [-0.25, -0.2) is 4.98 Å². The van der Waals surface area contributed by atoms with E-state index in [0.717, 1.165) is 60.1 Å². The molecular weight excluding hydrogens is 379 g/mol. The van der Waals surface area contributed by atoms with E-state index < -0.39 is 12.7 Å². The summed E-state index contributed by atoms with van der Waals surface area (Å²) in [4.78, 5) is 7.00. The lowest BCUT2D eigenvalue weighted by atomic mass is 10.0. The fourth-order valence-corrected chi connectivity index (χ4v) is 4.46. The SMILES string of the molecule is Cc1cc2c3c(c(NCC(F)(F)F)nc2cc1OCCCN1CCCC1)CCC3. The normalized spacial score (nSPS) is 17.1. The Morgan fingerprint density at radius 1 is 1.10 bits per heavy atom. The molecule has 1 aromatic carbocycles. The molecule has 0 radical (unpaired) electrons. The largest absolute Gasteiger partial charge is 0.493 e. The molecule has 1 aliphatic heterocycles. The van der Waals surface area contributed by atoms with Crippen molar-refractivity contribution in [3.8, 4) is 5.75 Å². The molecule has 2 aromatic rings. The van der Waals surface area contributed by atoms with Gasteiger partial charge >= 0.3 is 6.18 Å². The molecule has 0 saturated carbocycles. The zero-order chi connectivity index (χ0) is 20.4. The van der Waals surface area contributed by atoms with Crippen LogP contribution in [0.2, 0.25) is 0 Å². The van der Waals surface area contributed by atoms with Gasteiger partial charge in [-0.05, 0) is 81.3 Å². The number of fused-ring (bicyclic) bond motifs is 3. The summed E-state index contributed by atoms with van der Waals surface area (Å²) in [6.07, 6.45) is 1.87. The standard InChI is InChI=1S/C22H28F3N3O/c1-15-12-18-16-6-4-7-17(16)21(26-14-22(23,24)25)27-19(18)13-20(15)29-11-5-10-28-8-2-3-9-28/h12-13H,2-11,14H2,1H3,(H,26,27). The molecule has 1 N–H and O–H groups in total. The Kier molecular flexibility index (Phi) is 5.86. The lowest BCUT2D eigenvalue weighted by Gasteiger charge is -2.17. The number of aromatic nitrogens is 1. The highest BCUT2D eigenvalue weighted by molar-refractivity contribution is 5.88. The molecule has 158 valence electrons. The first-order valence-corrected chi connectivity index (χ1v) is 10.5. The van der Waals surface area contributed by atoms with Crippen LogP contribution >= 0.6 is 0 Å². The maximum Gasteiger partial charge on any atom is 0.405 e. The van der Waals surface area contributed by atoms with Crippen molar-refractivity contribution in [2.75, 3.05) is 38.1 Å². The minimum Gasteiger partial charge on any atom is -0.493 e. The molecule has 4 nitrogen and oxygen atoms in total. The first-order chi connectivity index (χ1) is 13.9. The molecule has 0 unspecified atom stereocenters. The predicted molar refractivity (Wildman–Crippen MR) is 109 cm³/mol. The molecular formula is C22H28F3N3O. The lowest BCUT2D eigenvalue weighted by Crippen LogP contribution is -2.22. The molecule has 0 bridgehead atoms. The van der Waals surface area contributed by atoms with Crippen molar-refractivity contribution in [1.82, 2.24) is 9.88 Å². The van der Waals surface area contributed by atoms with Crippen LogP contribution in [-0.2, 0) is 12.8 Å². The van der Waals surface area contributed by atoms with Gasteiger partial charge in [0.1, 0.15) is 18.1 Å². The number of rotatable bonds is 7. The van der Waals surface area contributed by atoms with Gasteiger partial charge in [0.2, 0.25) is 0 Å². The number of likely N-dealkylation sites (tertiary alicyclic amines) is 1. The number of hydrogen-bond donors (Lipinski definition) is 1. The second kappa shape index (κ2) is 8.38. The number of halogens is 3. The van der Waals surface area contributed by atoms with Crippen molar-refractivity contribution in [3.63, 3.8) is 0 Å². The molecule has 2 aliphatic rings. The van der Waals surface area contributed by atoms with Crippen LogP contribution < -0.4 is 10.1 Å². The van der Waals surface area contributed by atoms with Gasteiger partial charge in [-0.15, -0.1) is 0 Å². The van der Waals surface area contributed by atoms with Crippen LogP contribution in [0.25, 0.3) is 10.9 Å². The van der Waals surface area contributed by atoms with Crippen LogP contribution in [0.5, 0.6) is 5.75 Å². The molecule has 1 saturated heterocycles. The van der Waals surface area contributed by atoms with Gasteiger partial charge in [-0.1, -0.05) is 0 Å². The van der Waals surface area contributed by atoms with E-state index in [1.54, 1.807) is 0 Å². The van der Waals surface area contributed by atoms with E-state index in [2.05, 4.69) is 21.3 Å². The van der Waals surface area contributed by atoms with Crippen LogP contribution in [0.1, 0.15) is 42.4 Å². The third-order valence-electron chi connectivity index (χ3n) is 5.89. The van der Waals surface area contributed by atoms with E-state index in [9.17, 15) is 13.2 Å². The smallest absolute Gasteiger partial charge is 0.405 e. The zero-order valence-corrected chi connectivity index (χ0v) is 16.9. The van der Waals surface area contributed by atoms with Crippen LogP contribution in [0.4, 0.5) is 19.0 Å².